The Morgan fingerprint density at radius 1 is 1.15 bits per heavy atom. The van der Waals surface area contributed by atoms with Crippen LogP contribution in [-0.4, -0.2) is 28.4 Å². The van der Waals surface area contributed by atoms with Gasteiger partial charge in [0, 0.05) is 18.4 Å². The number of rotatable bonds is 6. The SMILES string of the molecule is Cc1cccc(Nc2nnc(S[C@H](C)C(=O)N(C)c3ccccc3)s2)c1. The maximum Gasteiger partial charge on any atom is 0.240 e. The van der Waals surface area contributed by atoms with Gasteiger partial charge < -0.3 is 10.2 Å². The molecule has 0 saturated carbocycles. The number of hydrogen-bond donors (Lipinski definition) is 1. The third-order valence-electron chi connectivity index (χ3n) is 3.78. The van der Waals surface area contributed by atoms with Gasteiger partial charge in [-0.3, -0.25) is 4.79 Å². The first-order valence-electron chi connectivity index (χ1n) is 8.19. The molecule has 26 heavy (non-hydrogen) atoms. The summed E-state index contributed by atoms with van der Waals surface area (Å²) in [6.07, 6.45) is 0. The number of thioether (sulfide) groups is 1. The van der Waals surface area contributed by atoms with Crippen molar-refractivity contribution in [1.82, 2.24) is 10.2 Å². The lowest BCUT2D eigenvalue weighted by Gasteiger charge is -2.20. The first kappa shape index (κ1) is 18.4. The van der Waals surface area contributed by atoms with Gasteiger partial charge in [0.15, 0.2) is 4.34 Å². The lowest BCUT2D eigenvalue weighted by atomic mass is 10.2. The van der Waals surface area contributed by atoms with Gasteiger partial charge in [-0.05, 0) is 43.7 Å². The second-order valence-electron chi connectivity index (χ2n) is 5.86. The molecular weight excluding hydrogens is 364 g/mol. The van der Waals surface area contributed by atoms with Crippen LogP contribution >= 0.6 is 23.1 Å². The molecule has 134 valence electrons. The van der Waals surface area contributed by atoms with Crippen LogP contribution in [0.15, 0.2) is 58.9 Å². The molecule has 1 N–H and O–H groups in total. The van der Waals surface area contributed by atoms with Crippen LogP contribution in [0.2, 0.25) is 0 Å². The van der Waals surface area contributed by atoms with E-state index in [0.717, 1.165) is 15.7 Å². The number of aryl methyl sites for hydroxylation is 1. The molecule has 7 heteroatoms. The lowest BCUT2D eigenvalue weighted by molar-refractivity contribution is -0.117. The molecule has 0 aliphatic carbocycles. The number of para-hydroxylation sites is 1. The molecule has 3 rings (SSSR count). The van der Waals surface area contributed by atoms with Gasteiger partial charge >= 0.3 is 0 Å². The zero-order valence-electron chi connectivity index (χ0n) is 14.8. The Balaban J connectivity index is 1.62. The normalized spacial score (nSPS) is 11.8. The number of carbonyl (C=O) groups is 1. The van der Waals surface area contributed by atoms with Crippen molar-refractivity contribution in [3.63, 3.8) is 0 Å². The van der Waals surface area contributed by atoms with Crippen molar-refractivity contribution in [3.05, 3.63) is 60.2 Å². The summed E-state index contributed by atoms with van der Waals surface area (Å²) >= 11 is 2.87. The molecule has 1 atom stereocenters. The van der Waals surface area contributed by atoms with Crippen molar-refractivity contribution < 1.29 is 4.79 Å². The average Bonchev–Trinajstić information content (AvgIpc) is 3.08. The molecular formula is C19H20N4OS2. The fourth-order valence-corrected chi connectivity index (χ4v) is 4.42. The van der Waals surface area contributed by atoms with Crippen molar-refractivity contribution in [2.75, 3.05) is 17.3 Å². The Morgan fingerprint density at radius 2 is 1.92 bits per heavy atom. The minimum atomic E-state index is -0.250. The standard InChI is InChI=1S/C19H20N4OS2/c1-13-8-7-9-15(12-13)20-18-21-22-19(26-18)25-14(2)17(24)23(3)16-10-5-4-6-11-16/h4-12,14H,1-3H3,(H,20,21)/t14-/m1/s1. The number of anilines is 3. The number of hydrogen-bond acceptors (Lipinski definition) is 6. The van der Waals surface area contributed by atoms with E-state index in [4.69, 9.17) is 0 Å². The van der Waals surface area contributed by atoms with Crippen molar-refractivity contribution >= 4 is 45.5 Å². The maximum atomic E-state index is 12.6. The zero-order valence-corrected chi connectivity index (χ0v) is 16.5. The van der Waals surface area contributed by atoms with E-state index in [0.29, 0.717) is 5.13 Å². The fourth-order valence-electron chi connectivity index (χ4n) is 2.41. The van der Waals surface area contributed by atoms with Gasteiger partial charge in [0.1, 0.15) is 0 Å². The van der Waals surface area contributed by atoms with Crippen LogP contribution in [-0.2, 0) is 4.79 Å². The molecule has 0 aliphatic heterocycles. The van der Waals surface area contributed by atoms with Crippen LogP contribution in [0.3, 0.4) is 0 Å². The summed E-state index contributed by atoms with van der Waals surface area (Å²) in [6, 6.07) is 17.7. The molecule has 0 fully saturated rings. The smallest absolute Gasteiger partial charge is 0.240 e. The first-order chi connectivity index (χ1) is 12.5. The first-order valence-corrected chi connectivity index (χ1v) is 9.89. The average molecular weight is 385 g/mol. The number of carbonyl (C=O) groups excluding carboxylic acids is 1. The molecule has 2 aromatic carbocycles. The van der Waals surface area contributed by atoms with Crippen molar-refractivity contribution in [2.45, 2.75) is 23.4 Å². The Labute approximate surface area is 161 Å². The van der Waals surface area contributed by atoms with Gasteiger partial charge in [0.05, 0.1) is 5.25 Å². The van der Waals surface area contributed by atoms with E-state index in [9.17, 15) is 4.79 Å². The molecule has 0 radical (unpaired) electrons. The van der Waals surface area contributed by atoms with E-state index in [2.05, 4.69) is 21.6 Å². The summed E-state index contributed by atoms with van der Waals surface area (Å²) in [5.74, 6) is 0.0320. The molecule has 0 saturated heterocycles. The zero-order chi connectivity index (χ0) is 18.5. The number of aromatic nitrogens is 2. The molecule has 3 aromatic rings. The summed E-state index contributed by atoms with van der Waals surface area (Å²) in [5.41, 5.74) is 3.03. The van der Waals surface area contributed by atoms with Gasteiger partial charge in [-0.2, -0.15) is 0 Å². The lowest BCUT2D eigenvalue weighted by Crippen LogP contribution is -2.33. The summed E-state index contributed by atoms with van der Waals surface area (Å²) in [6.45, 7) is 3.94. The quantitative estimate of drug-likeness (QED) is 0.623. The highest BCUT2D eigenvalue weighted by atomic mass is 32.2. The monoisotopic (exact) mass is 384 g/mol. The van der Waals surface area contributed by atoms with E-state index in [1.165, 1.54) is 28.7 Å². The molecule has 1 amide bonds. The van der Waals surface area contributed by atoms with Gasteiger partial charge in [-0.1, -0.05) is 53.4 Å². The summed E-state index contributed by atoms with van der Waals surface area (Å²) in [7, 11) is 1.79. The van der Waals surface area contributed by atoms with Crippen LogP contribution in [0, 0.1) is 6.92 Å². The van der Waals surface area contributed by atoms with Gasteiger partial charge in [-0.15, -0.1) is 10.2 Å². The summed E-state index contributed by atoms with van der Waals surface area (Å²) in [4.78, 5) is 14.3. The van der Waals surface area contributed by atoms with Crippen LogP contribution < -0.4 is 10.2 Å². The number of nitrogens with one attached hydrogen (secondary N) is 1. The highest BCUT2D eigenvalue weighted by molar-refractivity contribution is 8.02. The molecule has 0 aliphatic rings. The molecule has 0 bridgehead atoms. The minimum Gasteiger partial charge on any atom is -0.330 e. The molecule has 1 heterocycles. The summed E-state index contributed by atoms with van der Waals surface area (Å²) in [5, 5.41) is 12.1. The molecule has 0 spiro atoms. The highest BCUT2D eigenvalue weighted by Gasteiger charge is 2.21. The second-order valence-corrected chi connectivity index (χ2v) is 8.43. The number of benzene rings is 2. The second kappa shape index (κ2) is 8.33. The predicted octanol–water partition coefficient (Wildman–Crippen LogP) is 4.73. The molecule has 1 aromatic heterocycles. The van der Waals surface area contributed by atoms with Crippen LogP contribution in [0.25, 0.3) is 0 Å². The van der Waals surface area contributed by atoms with E-state index < -0.39 is 0 Å². The van der Waals surface area contributed by atoms with Crippen molar-refractivity contribution in [1.29, 1.82) is 0 Å². The fraction of sp³-hybridized carbons (Fsp3) is 0.211. The third kappa shape index (κ3) is 4.62. The third-order valence-corrected chi connectivity index (χ3v) is 5.79. The van der Waals surface area contributed by atoms with Gasteiger partial charge in [-0.25, -0.2) is 0 Å². The Kier molecular flexibility index (Phi) is 5.90. The van der Waals surface area contributed by atoms with Crippen molar-refractivity contribution in [3.8, 4) is 0 Å². The summed E-state index contributed by atoms with van der Waals surface area (Å²) < 4.78 is 0.766. The highest BCUT2D eigenvalue weighted by Crippen LogP contribution is 2.31. The number of nitrogens with zero attached hydrogens (tertiary/aromatic N) is 3. The molecule has 0 unspecified atom stereocenters. The van der Waals surface area contributed by atoms with E-state index in [1.807, 2.05) is 62.4 Å². The largest absolute Gasteiger partial charge is 0.330 e. The van der Waals surface area contributed by atoms with E-state index >= 15 is 0 Å². The van der Waals surface area contributed by atoms with Crippen molar-refractivity contribution in [2.24, 2.45) is 0 Å². The Hall–Kier alpha value is -2.38. The van der Waals surface area contributed by atoms with Crippen LogP contribution in [0.4, 0.5) is 16.5 Å². The number of amides is 1. The topological polar surface area (TPSA) is 58.1 Å². The van der Waals surface area contributed by atoms with Gasteiger partial charge in [0.25, 0.3) is 0 Å². The van der Waals surface area contributed by atoms with Crippen LogP contribution in [0.1, 0.15) is 12.5 Å². The molecule has 5 nitrogen and oxygen atoms in total. The van der Waals surface area contributed by atoms with Crippen LogP contribution in [0.5, 0.6) is 0 Å². The Bertz CT molecular complexity index is 882. The minimum absolute atomic E-state index is 0.0320. The van der Waals surface area contributed by atoms with E-state index in [-0.39, 0.29) is 11.2 Å². The Morgan fingerprint density at radius 3 is 2.65 bits per heavy atom. The maximum absolute atomic E-state index is 12.6. The van der Waals surface area contributed by atoms with E-state index in [1.54, 1.807) is 11.9 Å². The van der Waals surface area contributed by atoms with Gasteiger partial charge in [0.2, 0.25) is 11.0 Å². The predicted molar refractivity (Wildman–Crippen MR) is 110 cm³/mol.